The molecule has 0 radical (unpaired) electrons. The smallest absolute Gasteiger partial charge is 0.138 e. The van der Waals surface area contributed by atoms with Crippen molar-refractivity contribution < 1.29 is 0 Å². The molecule has 15 heavy (non-hydrogen) atoms. The van der Waals surface area contributed by atoms with Gasteiger partial charge in [0.05, 0.1) is 0 Å². The molecule has 0 atom stereocenters. The third-order valence-electron chi connectivity index (χ3n) is 2.97. The Balaban J connectivity index is 1.81. The highest BCUT2D eigenvalue weighted by Gasteiger charge is 2.17. The minimum absolute atomic E-state index is 0.730. The molecule has 3 nitrogen and oxygen atoms in total. The van der Waals surface area contributed by atoms with E-state index in [1.54, 1.807) is 0 Å². The number of rotatable bonds is 4. The van der Waals surface area contributed by atoms with Crippen LogP contribution < -0.4 is 0 Å². The van der Waals surface area contributed by atoms with Crippen molar-refractivity contribution in [1.29, 1.82) is 0 Å². The van der Waals surface area contributed by atoms with Crippen LogP contribution in [0.5, 0.6) is 0 Å². The van der Waals surface area contributed by atoms with Crippen LogP contribution in [0.4, 0.5) is 0 Å². The molecule has 1 aromatic rings. The van der Waals surface area contributed by atoms with Crippen molar-refractivity contribution >= 4 is 23.1 Å². The highest BCUT2D eigenvalue weighted by molar-refractivity contribution is 7.10. The lowest BCUT2D eigenvalue weighted by atomic mass is 10.1. The zero-order chi connectivity index (χ0) is 10.7. The quantitative estimate of drug-likeness (QED) is 0.817. The van der Waals surface area contributed by atoms with Crippen molar-refractivity contribution in [1.82, 2.24) is 14.5 Å². The molecular formula is C10H16ClN3S. The van der Waals surface area contributed by atoms with Gasteiger partial charge in [0.15, 0.2) is 0 Å². The van der Waals surface area contributed by atoms with Crippen LogP contribution in [0, 0.1) is 5.92 Å². The van der Waals surface area contributed by atoms with Gasteiger partial charge < -0.3 is 4.90 Å². The summed E-state index contributed by atoms with van der Waals surface area (Å²) in [4.78, 5) is 2.30. The standard InChI is InChI=1S/C10H16ClN3S/c1-14(6-8-4-2-3-5-8)7-9-10(11)15-13-12-9/h8H,2-7H2,1H3. The molecule has 5 heteroatoms. The summed E-state index contributed by atoms with van der Waals surface area (Å²) in [6, 6.07) is 0. The van der Waals surface area contributed by atoms with E-state index in [2.05, 4.69) is 21.5 Å². The number of hydrogen-bond acceptors (Lipinski definition) is 4. The van der Waals surface area contributed by atoms with Crippen molar-refractivity contribution in [3.63, 3.8) is 0 Å². The molecule has 0 aliphatic heterocycles. The fourth-order valence-corrected chi connectivity index (χ4v) is 2.86. The first-order valence-corrected chi connectivity index (χ1v) is 6.56. The number of hydrogen-bond donors (Lipinski definition) is 0. The topological polar surface area (TPSA) is 29.0 Å². The number of halogens is 1. The van der Waals surface area contributed by atoms with E-state index < -0.39 is 0 Å². The maximum atomic E-state index is 5.97. The van der Waals surface area contributed by atoms with Crippen molar-refractivity contribution in [2.75, 3.05) is 13.6 Å². The maximum Gasteiger partial charge on any atom is 0.138 e. The molecule has 1 aliphatic rings. The SMILES string of the molecule is CN(Cc1nnsc1Cl)CC1CCCC1. The third kappa shape index (κ3) is 3.13. The highest BCUT2D eigenvalue weighted by Crippen LogP contribution is 2.26. The molecule has 84 valence electrons. The zero-order valence-electron chi connectivity index (χ0n) is 8.95. The normalized spacial score (nSPS) is 17.8. The summed E-state index contributed by atoms with van der Waals surface area (Å²) < 4.78 is 4.57. The Labute approximate surface area is 99.6 Å². The van der Waals surface area contributed by atoms with E-state index in [4.69, 9.17) is 11.6 Å². The van der Waals surface area contributed by atoms with Gasteiger partial charge in [-0.3, -0.25) is 0 Å². The van der Waals surface area contributed by atoms with Gasteiger partial charge in [0.25, 0.3) is 0 Å². The van der Waals surface area contributed by atoms with Crippen LogP contribution in [0.3, 0.4) is 0 Å². The van der Waals surface area contributed by atoms with Crippen LogP contribution in [0.15, 0.2) is 0 Å². The second-order valence-electron chi connectivity index (χ2n) is 4.34. The van der Waals surface area contributed by atoms with Gasteiger partial charge in [0.1, 0.15) is 10.0 Å². The van der Waals surface area contributed by atoms with Gasteiger partial charge in [0.2, 0.25) is 0 Å². The average Bonchev–Trinajstić information content (AvgIpc) is 2.79. The van der Waals surface area contributed by atoms with Gasteiger partial charge in [-0.25, -0.2) is 0 Å². The van der Waals surface area contributed by atoms with Crippen molar-refractivity contribution in [3.05, 3.63) is 10.0 Å². The molecular weight excluding hydrogens is 230 g/mol. The summed E-state index contributed by atoms with van der Waals surface area (Å²) in [6.45, 7) is 1.99. The summed E-state index contributed by atoms with van der Waals surface area (Å²) in [5.41, 5.74) is 0.919. The van der Waals surface area contributed by atoms with Gasteiger partial charge in [-0.2, -0.15) is 0 Å². The van der Waals surface area contributed by atoms with Crippen molar-refractivity contribution in [2.45, 2.75) is 32.2 Å². The molecule has 0 N–H and O–H groups in total. The molecule has 0 amide bonds. The summed E-state index contributed by atoms with van der Waals surface area (Å²) in [5, 5.41) is 4.03. The van der Waals surface area contributed by atoms with Crippen LogP contribution in [-0.2, 0) is 6.54 Å². The van der Waals surface area contributed by atoms with Gasteiger partial charge >= 0.3 is 0 Å². The van der Waals surface area contributed by atoms with E-state index in [0.717, 1.165) is 29.0 Å². The Morgan fingerprint density at radius 3 is 2.80 bits per heavy atom. The van der Waals surface area contributed by atoms with Crippen LogP contribution in [-0.4, -0.2) is 28.1 Å². The van der Waals surface area contributed by atoms with E-state index in [-0.39, 0.29) is 0 Å². The number of aromatic nitrogens is 2. The van der Waals surface area contributed by atoms with Crippen molar-refractivity contribution in [2.24, 2.45) is 5.92 Å². The van der Waals surface area contributed by atoms with E-state index in [0.29, 0.717) is 0 Å². The molecule has 1 fully saturated rings. The molecule has 0 saturated heterocycles. The van der Waals surface area contributed by atoms with Crippen LogP contribution in [0.25, 0.3) is 0 Å². The minimum atomic E-state index is 0.730. The maximum absolute atomic E-state index is 5.97. The molecule has 0 unspecified atom stereocenters. The van der Waals surface area contributed by atoms with Crippen LogP contribution in [0.1, 0.15) is 31.4 Å². The van der Waals surface area contributed by atoms with Gasteiger partial charge in [-0.1, -0.05) is 28.9 Å². The predicted octanol–water partition coefficient (Wildman–Crippen LogP) is 2.81. The fraction of sp³-hybridized carbons (Fsp3) is 0.800. The first-order chi connectivity index (χ1) is 7.25. The molecule has 0 bridgehead atoms. The molecule has 1 aromatic heterocycles. The monoisotopic (exact) mass is 245 g/mol. The average molecular weight is 246 g/mol. The lowest BCUT2D eigenvalue weighted by Gasteiger charge is -2.19. The Hall–Kier alpha value is -0.190. The second-order valence-corrected chi connectivity index (χ2v) is 5.70. The second kappa shape index (κ2) is 5.23. The molecule has 0 aromatic carbocycles. The molecule has 1 saturated carbocycles. The molecule has 0 spiro atoms. The zero-order valence-corrected chi connectivity index (χ0v) is 10.5. The Bertz CT molecular complexity index is 309. The van der Waals surface area contributed by atoms with Gasteiger partial charge in [-0.05, 0) is 25.8 Å². The summed E-state index contributed by atoms with van der Waals surface area (Å²) in [5.74, 6) is 0.875. The number of nitrogens with zero attached hydrogens (tertiary/aromatic N) is 3. The van der Waals surface area contributed by atoms with Crippen molar-refractivity contribution in [3.8, 4) is 0 Å². The highest BCUT2D eigenvalue weighted by atomic mass is 35.5. The lowest BCUT2D eigenvalue weighted by Crippen LogP contribution is -2.24. The van der Waals surface area contributed by atoms with Gasteiger partial charge in [0, 0.05) is 24.6 Å². The Kier molecular flexibility index (Phi) is 3.94. The third-order valence-corrected chi connectivity index (χ3v) is 3.96. The fourth-order valence-electron chi connectivity index (χ4n) is 2.25. The first-order valence-electron chi connectivity index (χ1n) is 5.41. The van der Waals surface area contributed by atoms with E-state index in [1.807, 2.05) is 0 Å². The lowest BCUT2D eigenvalue weighted by molar-refractivity contribution is 0.268. The minimum Gasteiger partial charge on any atom is -0.300 e. The van der Waals surface area contributed by atoms with E-state index >= 15 is 0 Å². The molecule has 1 heterocycles. The van der Waals surface area contributed by atoms with E-state index in [1.165, 1.54) is 37.2 Å². The molecule has 2 rings (SSSR count). The van der Waals surface area contributed by atoms with Gasteiger partial charge in [-0.15, -0.1) is 5.10 Å². The Morgan fingerprint density at radius 1 is 1.47 bits per heavy atom. The Morgan fingerprint density at radius 2 is 2.20 bits per heavy atom. The first kappa shape index (κ1) is 11.3. The summed E-state index contributed by atoms with van der Waals surface area (Å²) in [7, 11) is 2.13. The summed E-state index contributed by atoms with van der Waals surface area (Å²) in [6.07, 6.45) is 5.57. The summed E-state index contributed by atoms with van der Waals surface area (Å²) >= 11 is 7.23. The predicted molar refractivity (Wildman–Crippen MR) is 63.2 cm³/mol. The van der Waals surface area contributed by atoms with Crippen LogP contribution in [0.2, 0.25) is 4.34 Å². The molecule has 1 aliphatic carbocycles. The largest absolute Gasteiger partial charge is 0.300 e. The van der Waals surface area contributed by atoms with E-state index in [9.17, 15) is 0 Å². The van der Waals surface area contributed by atoms with Crippen LogP contribution >= 0.6 is 23.1 Å².